The van der Waals surface area contributed by atoms with E-state index in [1.807, 2.05) is 26.8 Å². The largest absolute Gasteiger partial charge is 0.497 e. The average molecular weight is 337 g/mol. The van der Waals surface area contributed by atoms with Gasteiger partial charge in [-0.3, -0.25) is 4.79 Å². The van der Waals surface area contributed by atoms with Crippen molar-refractivity contribution in [3.05, 3.63) is 29.8 Å². The van der Waals surface area contributed by atoms with Crippen molar-refractivity contribution in [2.24, 2.45) is 0 Å². The summed E-state index contributed by atoms with van der Waals surface area (Å²) < 4.78 is 10.7. The first-order valence-electron chi connectivity index (χ1n) is 7.95. The van der Waals surface area contributed by atoms with Gasteiger partial charge in [0.05, 0.1) is 18.6 Å². The summed E-state index contributed by atoms with van der Waals surface area (Å²) in [6, 6.07) is 6.18. The predicted octanol–water partition coefficient (Wildman–Crippen LogP) is 2.57. The fourth-order valence-electron chi connectivity index (χ4n) is 2.10. The van der Waals surface area contributed by atoms with Crippen molar-refractivity contribution < 1.29 is 24.2 Å². The lowest BCUT2D eigenvalue weighted by Crippen LogP contribution is -2.43. The summed E-state index contributed by atoms with van der Waals surface area (Å²) in [6.07, 6.45) is 0.211. The molecular weight excluding hydrogens is 310 g/mol. The Morgan fingerprint density at radius 3 is 2.50 bits per heavy atom. The quantitative estimate of drug-likeness (QED) is 0.761. The zero-order valence-electron chi connectivity index (χ0n) is 15.0. The highest BCUT2D eigenvalue weighted by Crippen LogP contribution is 2.21. The van der Waals surface area contributed by atoms with Crippen LogP contribution in [0, 0.1) is 0 Å². The SMILES string of the molecule is COc1cccc(C(C)C(=O)NC(CCOC(C)(C)C)C(=O)O)c1. The molecule has 0 fully saturated rings. The lowest BCUT2D eigenvalue weighted by Gasteiger charge is -2.22. The van der Waals surface area contributed by atoms with Crippen LogP contribution in [0.1, 0.15) is 45.6 Å². The van der Waals surface area contributed by atoms with E-state index in [1.54, 1.807) is 32.2 Å². The summed E-state index contributed by atoms with van der Waals surface area (Å²) in [6.45, 7) is 7.67. The van der Waals surface area contributed by atoms with Gasteiger partial charge in [-0.15, -0.1) is 0 Å². The van der Waals surface area contributed by atoms with Crippen molar-refractivity contribution in [1.82, 2.24) is 5.32 Å². The van der Waals surface area contributed by atoms with E-state index in [0.717, 1.165) is 5.56 Å². The molecule has 6 heteroatoms. The molecule has 2 N–H and O–H groups in total. The maximum atomic E-state index is 12.4. The Morgan fingerprint density at radius 2 is 1.96 bits per heavy atom. The molecule has 1 amide bonds. The molecule has 2 atom stereocenters. The molecule has 0 aliphatic rings. The van der Waals surface area contributed by atoms with E-state index in [1.165, 1.54) is 0 Å². The first-order chi connectivity index (χ1) is 11.1. The molecule has 0 saturated carbocycles. The standard InChI is InChI=1S/C18H27NO5/c1-12(13-7-6-8-14(11-13)23-5)16(20)19-15(17(21)22)9-10-24-18(2,3)4/h6-8,11-12,15H,9-10H2,1-5H3,(H,19,20)(H,21,22). The highest BCUT2D eigenvalue weighted by molar-refractivity contribution is 5.87. The predicted molar refractivity (Wildman–Crippen MR) is 91.3 cm³/mol. The van der Waals surface area contributed by atoms with Crippen LogP contribution in [-0.4, -0.2) is 42.3 Å². The van der Waals surface area contributed by atoms with Crippen molar-refractivity contribution >= 4 is 11.9 Å². The molecule has 134 valence electrons. The number of carbonyl (C=O) groups excluding carboxylic acids is 1. The Kier molecular flexibility index (Phi) is 7.22. The van der Waals surface area contributed by atoms with Gasteiger partial charge in [-0.2, -0.15) is 0 Å². The van der Waals surface area contributed by atoms with Crippen molar-refractivity contribution in [2.75, 3.05) is 13.7 Å². The van der Waals surface area contributed by atoms with Crippen LogP contribution in [0.25, 0.3) is 0 Å². The van der Waals surface area contributed by atoms with Gasteiger partial charge < -0.3 is 19.9 Å². The van der Waals surface area contributed by atoms with Gasteiger partial charge in [-0.25, -0.2) is 4.79 Å². The van der Waals surface area contributed by atoms with Gasteiger partial charge in [0.25, 0.3) is 0 Å². The second-order valence-corrected chi connectivity index (χ2v) is 6.65. The van der Waals surface area contributed by atoms with Crippen molar-refractivity contribution in [3.8, 4) is 5.75 Å². The molecule has 0 aromatic heterocycles. The lowest BCUT2D eigenvalue weighted by atomic mass is 9.99. The number of carboxylic acid groups (broad SMARTS) is 1. The molecule has 0 radical (unpaired) electrons. The number of carbonyl (C=O) groups is 2. The van der Waals surface area contributed by atoms with Crippen LogP contribution in [0.15, 0.2) is 24.3 Å². The third kappa shape index (κ3) is 6.58. The zero-order valence-corrected chi connectivity index (χ0v) is 15.0. The number of nitrogens with one attached hydrogen (secondary N) is 1. The number of hydrogen-bond donors (Lipinski definition) is 2. The van der Waals surface area contributed by atoms with Crippen LogP contribution in [0.4, 0.5) is 0 Å². The van der Waals surface area contributed by atoms with Gasteiger partial charge in [0, 0.05) is 13.0 Å². The van der Waals surface area contributed by atoms with Crippen LogP contribution in [0.3, 0.4) is 0 Å². The Hall–Kier alpha value is -2.08. The summed E-state index contributed by atoms with van der Waals surface area (Å²) in [5.41, 5.74) is 0.419. The third-order valence-electron chi connectivity index (χ3n) is 3.54. The van der Waals surface area contributed by atoms with Gasteiger partial charge in [-0.1, -0.05) is 12.1 Å². The molecule has 2 unspecified atom stereocenters. The van der Waals surface area contributed by atoms with E-state index in [-0.39, 0.29) is 24.5 Å². The maximum absolute atomic E-state index is 12.4. The van der Waals surface area contributed by atoms with Crippen LogP contribution in [-0.2, 0) is 14.3 Å². The third-order valence-corrected chi connectivity index (χ3v) is 3.54. The van der Waals surface area contributed by atoms with Crippen molar-refractivity contribution in [3.63, 3.8) is 0 Å². The van der Waals surface area contributed by atoms with Crippen LogP contribution < -0.4 is 10.1 Å². The number of benzene rings is 1. The van der Waals surface area contributed by atoms with Crippen LogP contribution in [0.2, 0.25) is 0 Å². The summed E-state index contributed by atoms with van der Waals surface area (Å²) in [5, 5.41) is 11.9. The van der Waals surface area contributed by atoms with Crippen molar-refractivity contribution in [2.45, 2.75) is 51.7 Å². The minimum absolute atomic E-state index is 0.211. The second kappa shape index (κ2) is 8.68. The number of ether oxygens (including phenoxy) is 2. The van der Waals surface area contributed by atoms with Gasteiger partial charge in [0.1, 0.15) is 11.8 Å². The fourth-order valence-corrected chi connectivity index (χ4v) is 2.10. The Morgan fingerprint density at radius 1 is 1.29 bits per heavy atom. The van der Waals surface area contributed by atoms with Crippen LogP contribution >= 0.6 is 0 Å². The first kappa shape index (κ1) is 20.0. The number of hydrogen-bond acceptors (Lipinski definition) is 4. The highest BCUT2D eigenvalue weighted by Gasteiger charge is 2.24. The Balaban J connectivity index is 2.68. The van der Waals surface area contributed by atoms with E-state index >= 15 is 0 Å². The van der Waals surface area contributed by atoms with Gasteiger partial charge in [0.15, 0.2) is 0 Å². The first-order valence-corrected chi connectivity index (χ1v) is 7.95. The second-order valence-electron chi connectivity index (χ2n) is 6.65. The van der Waals surface area contributed by atoms with Gasteiger partial charge in [-0.05, 0) is 45.4 Å². The molecule has 0 aliphatic heterocycles. The van der Waals surface area contributed by atoms with E-state index < -0.39 is 17.9 Å². The Labute approximate surface area is 143 Å². The summed E-state index contributed by atoms with van der Waals surface area (Å²) in [4.78, 5) is 23.7. The number of carboxylic acids is 1. The molecule has 24 heavy (non-hydrogen) atoms. The van der Waals surface area contributed by atoms with Gasteiger partial charge in [0.2, 0.25) is 5.91 Å². The monoisotopic (exact) mass is 337 g/mol. The summed E-state index contributed by atoms with van der Waals surface area (Å²) in [7, 11) is 1.56. The van der Waals surface area contributed by atoms with E-state index in [4.69, 9.17) is 9.47 Å². The fraction of sp³-hybridized carbons (Fsp3) is 0.556. The minimum atomic E-state index is -1.07. The molecule has 0 saturated heterocycles. The minimum Gasteiger partial charge on any atom is -0.497 e. The molecular formula is C18H27NO5. The van der Waals surface area contributed by atoms with E-state index in [0.29, 0.717) is 5.75 Å². The Bertz CT molecular complexity index is 565. The normalized spacial score (nSPS) is 13.9. The lowest BCUT2D eigenvalue weighted by molar-refractivity contribution is -0.143. The smallest absolute Gasteiger partial charge is 0.326 e. The maximum Gasteiger partial charge on any atom is 0.326 e. The number of aliphatic carboxylic acids is 1. The highest BCUT2D eigenvalue weighted by atomic mass is 16.5. The van der Waals surface area contributed by atoms with Gasteiger partial charge >= 0.3 is 5.97 Å². The van der Waals surface area contributed by atoms with E-state index in [2.05, 4.69) is 5.32 Å². The molecule has 1 rings (SSSR count). The topological polar surface area (TPSA) is 84.9 Å². The molecule has 1 aromatic carbocycles. The summed E-state index contributed by atoms with van der Waals surface area (Å²) in [5.74, 6) is -1.24. The molecule has 0 spiro atoms. The molecule has 0 heterocycles. The number of methoxy groups -OCH3 is 1. The molecule has 0 bridgehead atoms. The summed E-state index contributed by atoms with van der Waals surface area (Å²) >= 11 is 0. The molecule has 6 nitrogen and oxygen atoms in total. The van der Waals surface area contributed by atoms with Crippen LogP contribution in [0.5, 0.6) is 5.75 Å². The van der Waals surface area contributed by atoms with E-state index in [9.17, 15) is 14.7 Å². The molecule has 0 aliphatic carbocycles. The average Bonchev–Trinajstić information content (AvgIpc) is 2.51. The van der Waals surface area contributed by atoms with Crippen molar-refractivity contribution in [1.29, 1.82) is 0 Å². The zero-order chi connectivity index (χ0) is 18.3. The number of amides is 1. The number of rotatable bonds is 8. The molecule has 1 aromatic rings.